The predicted molar refractivity (Wildman–Crippen MR) is 71.2 cm³/mol. The average Bonchev–Trinajstić information content (AvgIpc) is 2.38. The summed E-state index contributed by atoms with van der Waals surface area (Å²) < 4.78 is 0. The van der Waals surface area contributed by atoms with Crippen LogP contribution in [0.3, 0.4) is 0 Å². The van der Waals surface area contributed by atoms with E-state index in [1.54, 1.807) is 18.2 Å². The van der Waals surface area contributed by atoms with Crippen LogP contribution in [0.25, 0.3) is 0 Å². The van der Waals surface area contributed by atoms with Gasteiger partial charge in [-0.05, 0) is 24.3 Å². The zero-order valence-electron chi connectivity index (χ0n) is 9.35. The third-order valence-corrected chi connectivity index (χ3v) is 2.26. The van der Waals surface area contributed by atoms with E-state index < -0.39 is 5.91 Å². The van der Waals surface area contributed by atoms with Gasteiger partial charge in [0.2, 0.25) is 0 Å². The van der Waals surface area contributed by atoms with Crippen LogP contribution in [0.5, 0.6) is 0 Å². The van der Waals surface area contributed by atoms with Gasteiger partial charge in [-0.3, -0.25) is 10.1 Å². The van der Waals surface area contributed by atoms with Crippen LogP contribution >= 0.6 is 11.6 Å². The highest BCUT2D eigenvalue weighted by Crippen LogP contribution is 2.08. The molecule has 18 heavy (non-hydrogen) atoms. The maximum Gasteiger partial charge on any atom is 0.301 e. The molecule has 1 heterocycles. The third kappa shape index (κ3) is 3.62. The van der Waals surface area contributed by atoms with Crippen LogP contribution in [0.4, 0.5) is 5.82 Å². The lowest BCUT2D eigenvalue weighted by Gasteiger charge is -1.98. The molecule has 88 valence electrons. The molecular weight excluding hydrogens is 248 g/mol. The lowest BCUT2D eigenvalue weighted by atomic mass is 10.2. The monoisotopic (exact) mass is 256 g/mol. The summed E-state index contributed by atoms with van der Waals surface area (Å²) in [4.78, 5) is 15.5. The topological polar surface area (TPSA) is 42.0 Å². The van der Waals surface area contributed by atoms with Crippen LogP contribution in [-0.2, 0) is 4.79 Å². The summed E-state index contributed by atoms with van der Waals surface area (Å²) in [6.45, 7) is 0. The van der Waals surface area contributed by atoms with Crippen molar-refractivity contribution in [2.75, 3.05) is 5.32 Å². The molecular formula is C14H9ClN2O. The smallest absolute Gasteiger partial charge is 0.300 e. The minimum Gasteiger partial charge on any atom is -0.300 e. The summed E-state index contributed by atoms with van der Waals surface area (Å²) in [6.07, 6.45) is 0. The van der Waals surface area contributed by atoms with Gasteiger partial charge in [-0.15, -0.1) is 0 Å². The zero-order valence-corrected chi connectivity index (χ0v) is 10.1. The maximum atomic E-state index is 11.5. The van der Waals surface area contributed by atoms with Crippen LogP contribution in [0.1, 0.15) is 5.56 Å². The van der Waals surface area contributed by atoms with Crippen molar-refractivity contribution in [3.63, 3.8) is 0 Å². The fourth-order valence-electron chi connectivity index (χ4n) is 1.28. The van der Waals surface area contributed by atoms with Crippen molar-refractivity contribution in [2.45, 2.75) is 0 Å². The van der Waals surface area contributed by atoms with Gasteiger partial charge in [0.05, 0.1) is 0 Å². The Bertz CT molecular complexity index is 614. The molecule has 0 atom stereocenters. The summed E-state index contributed by atoms with van der Waals surface area (Å²) in [5.41, 5.74) is 0.784. The lowest BCUT2D eigenvalue weighted by Crippen LogP contribution is -2.09. The van der Waals surface area contributed by atoms with Crippen LogP contribution in [-0.4, -0.2) is 10.9 Å². The number of carbonyl (C=O) groups excluding carboxylic acids is 1. The second-order valence-electron chi connectivity index (χ2n) is 3.42. The Kier molecular flexibility index (Phi) is 3.95. The van der Waals surface area contributed by atoms with Crippen LogP contribution in [0.2, 0.25) is 5.15 Å². The van der Waals surface area contributed by atoms with E-state index in [9.17, 15) is 4.79 Å². The minimum absolute atomic E-state index is 0.323. The summed E-state index contributed by atoms with van der Waals surface area (Å²) in [5.74, 6) is 5.20. The molecule has 1 aromatic carbocycles. The second-order valence-corrected chi connectivity index (χ2v) is 3.80. The zero-order chi connectivity index (χ0) is 12.8. The van der Waals surface area contributed by atoms with E-state index in [4.69, 9.17) is 11.6 Å². The molecule has 0 fully saturated rings. The van der Waals surface area contributed by atoms with Crippen molar-refractivity contribution in [1.82, 2.24) is 4.98 Å². The normalized spacial score (nSPS) is 9.17. The quantitative estimate of drug-likeness (QED) is 0.630. The molecule has 0 unspecified atom stereocenters. The molecule has 1 amide bonds. The molecule has 4 heteroatoms. The number of rotatable bonds is 1. The largest absolute Gasteiger partial charge is 0.301 e. The number of anilines is 1. The Morgan fingerprint density at radius 3 is 2.61 bits per heavy atom. The summed E-state index contributed by atoms with van der Waals surface area (Å²) in [6, 6.07) is 14.3. The molecule has 0 aliphatic heterocycles. The van der Waals surface area contributed by atoms with E-state index in [2.05, 4.69) is 22.1 Å². The number of nitrogens with zero attached hydrogens (tertiary/aromatic N) is 1. The maximum absolute atomic E-state index is 11.5. The highest BCUT2D eigenvalue weighted by molar-refractivity contribution is 6.29. The fourth-order valence-corrected chi connectivity index (χ4v) is 1.44. The van der Waals surface area contributed by atoms with Crippen LogP contribution in [0.15, 0.2) is 48.5 Å². The molecule has 0 saturated heterocycles. The first-order valence-corrected chi connectivity index (χ1v) is 5.62. The minimum atomic E-state index is -0.423. The van der Waals surface area contributed by atoms with E-state index >= 15 is 0 Å². The Hall–Kier alpha value is -2.31. The standard InChI is InChI=1S/C14H9ClN2O/c15-12-7-4-8-13(16-12)17-14(18)10-9-11-5-2-1-3-6-11/h1-8H,(H,16,17,18). The van der Waals surface area contributed by atoms with E-state index in [0.29, 0.717) is 11.0 Å². The van der Waals surface area contributed by atoms with E-state index in [1.165, 1.54) is 0 Å². The number of nitrogens with one attached hydrogen (secondary N) is 1. The first-order chi connectivity index (χ1) is 8.74. The Labute approximate surface area is 110 Å². The highest BCUT2D eigenvalue weighted by atomic mass is 35.5. The SMILES string of the molecule is O=C(C#Cc1ccccc1)Nc1cccc(Cl)n1. The number of amides is 1. The van der Waals surface area contributed by atoms with Gasteiger partial charge < -0.3 is 0 Å². The van der Waals surface area contributed by atoms with Gasteiger partial charge in [0.1, 0.15) is 11.0 Å². The van der Waals surface area contributed by atoms with Gasteiger partial charge in [0, 0.05) is 11.5 Å². The molecule has 0 bridgehead atoms. The first-order valence-electron chi connectivity index (χ1n) is 5.25. The third-order valence-electron chi connectivity index (χ3n) is 2.05. The van der Waals surface area contributed by atoms with Crippen molar-refractivity contribution >= 4 is 23.3 Å². The first kappa shape index (κ1) is 12.2. The van der Waals surface area contributed by atoms with E-state index in [-0.39, 0.29) is 0 Å². The molecule has 1 aromatic heterocycles. The molecule has 0 aliphatic carbocycles. The molecule has 2 rings (SSSR count). The number of pyridine rings is 1. The van der Waals surface area contributed by atoms with E-state index in [0.717, 1.165) is 5.56 Å². The van der Waals surface area contributed by atoms with Crippen molar-refractivity contribution in [1.29, 1.82) is 0 Å². The molecule has 3 nitrogen and oxygen atoms in total. The molecule has 0 saturated carbocycles. The van der Waals surface area contributed by atoms with Crippen LogP contribution < -0.4 is 5.32 Å². The van der Waals surface area contributed by atoms with E-state index in [1.807, 2.05) is 30.3 Å². The molecule has 0 spiro atoms. The van der Waals surface area contributed by atoms with Crippen LogP contribution in [0, 0.1) is 11.8 Å². The number of benzene rings is 1. The number of aromatic nitrogens is 1. The fraction of sp³-hybridized carbons (Fsp3) is 0. The summed E-state index contributed by atoms with van der Waals surface area (Å²) in [7, 11) is 0. The summed E-state index contributed by atoms with van der Waals surface area (Å²) in [5, 5.41) is 2.87. The van der Waals surface area contributed by atoms with Crippen molar-refractivity contribution in [3.05, 3.63) is 59.2 Å². The Morgan fingerprint density at radius 1 is 1.11 bits per heavy atom. The molecule has 0 radical (unpaired) electrons. The Morgan fingerprint density at radius 2 is 1.89 bits per heavy atom. The molecule has 1 N–H and O–H groups in total. The molecule has 2 aromatic rings. The van der Waals surface area contributed by atoms with Gasteiger partial charge in [0.25, 0.3) is 0 Å². The number of carbonyl (C=O) groups is 1. The molecule has 0 aliphatic rings. The number of hydrogen-bond donors (Lipinski definition) is 1. The average molecular weight is 257 g/mol. The van der Waals surface area contributed by atoms with Crippen molar-refractivity contribution in [2.24, 2.45) is 0 Å². The Balaban J connectivity index is 2.04. The van der Waals surface area contributed by atoms with Gasteiger partial charge in [-0.25, -0.2) is 4.98 Å². The lowest BCUT2D eigenvalue weighted by molar-refractivity contribution is -0.111. The van der Waals surface area contributed by atoms with Gasteiger partial charge in [0.15, 0.2) is 0 Å². The van der Waals surface area contributed by atoms with Gasteiger partial charge in [-0.2, -0.15) is 0 Å². The second kappa shape index (κ2) is 5.85. The predicted octanol–water partition coefficient (Wildman–Crippen LogP) is 2.73. The number of hydrogen-bond acceptors (Lipinski definition) is 2. The van der Waals surface area contributed by atoms with Gasteiger partial charge in [-0.1, -0.05) is 41.8 Å². The van der Waals surface area contributed by atoms with Gasteiger partial charge >= 0.3 is 5.91 Å². The summed E-state index contributed by atoms with van der Waals surface area (Å²) >= 11 is 5.70. The van der Waals surface area contributed by atoms with Crippen molar-refractivity contribution in [3.8, 4) is 11.8 Å². The highest BCUT2D eigenvalue weighted by Gasteiger charge is 1.99. The number of halogens is 1. The van der Waals surface area contributed by atoms with Crippen molar-refractivity contribution < 1.29 is 4.79 Å².